The molecule has 0 aliphatic heterocycles. The fraction of sp³-hybridized carbons (Fsp3) is 0.600. The monoisotopic (exact) mass is 235 g/mol. The Morgan fingerprint density at radius 1 is 1.29 bits per heavy atom. The Balaban J connectivity index is 1.98. The second kappa shape index (κ2) is 5.63. The van der Waals surface area contributed by atoms with Crippen molar-refractivity contribution >= 4 is 0 Å². The highest BCUT2D eigenvalue weighted by atomic mass is 19.1. The van der Waals surface area contributed by atoms with E-state index in [4.69, 9.17) is 5.73 Å². The molecule has 0 radical (unpaired) electrons. The van der Waals surface area contributed by atoms with Crippen LogP contribution in [-0.2, 0) is 0 Å². The van der Waals surface area contributed by atoms with Gasteiger partial charge in [0.15, 0.2) is 0 Å². The molecule has 0 bridgehead atoms. The molecule has 0 saturated heterocycles. The SMILES string of the molecule is Cc1cc(C(N)CC2CCCCC2)ccc1F. The smallest absolute Gasteiger partial charge is 0.126 e. The molecule has 0 spiro atoms. The van der Waals surface area contributed by atoms with E-state index in [0.29, 0.717) is 5.56 Å². The van der Waals surface area contributed by atoms with Crippen LogP contribution >= 0.6 is 0 Å². The minimum atomic E-state index is -0.140. The summed E-state index contributed by atoms with van der Waals surface area (Å²) in [5.74, 6) is 0.628. The molecule has 1 unspecified atom stereocenters. The maximum Gasteiger partial charge on any atom is 0.126 e. The number of hydrogen-bond acceptors (Lipinski definition) is 1. The van der Waals surface area contributed by atoms with Crippen LogP contribution in [0.4, 0.5) is 4.39 Å². The van der Waals surface area contributed by atoms with Gasteiger partial charge in [0.25, 0.3) is 0 Å². The molecule has 1 atom stereocenters. The van der Waals surface area contributed by atoms with Crippen LogP contribution in [0.25, 0.3) is 0 Å². The molecule has 1 saturated carbocycles. The summed E-state index contributed by atoms with van der Waals surface area (Å²) in [5, 5.41) is 0. The third-order valence-corrected chi connectivity index (χ3v) is 3.92. The van der Waals surface area contributed by atoms with Gasteiger partial charge in [-0.25, -0.2) is 4.39 Å². The van der Waals surface area contributed by atoms with E-state index in [1.807, 2.05) is 12.1 Å². The molecule has 1 aliphatic rings. The first-order valence-electron chi connectivity index (χ1n) is 6.68. The van der Waals surface area contributed by atoms with Crippen LogP contribution in [0.1, 0.15) is 55.7 Å². The van der Waals surface area contributed by atoms with Crippen molar-refractivity contribution in [3.05, 3.63) is 35.1 Å². The summed E-state index contributed by atoms with van der Waals surface area (Å²) in [4.78, 5) is 0. The quantitative estimate of drug-likeness (QED) is 0.838. The molecule has 0 aromatic heterocycles. The van der Waals surface area contributed by atoms with Gasteiger partial charge in [-0.2, -0.15) is 0 Å². The summed E-state index contributed by atoms with van der Waals surface area (Å²) < 4.78 is 13.2. The molecule has 0 amide bonds. The Hall–Kier alpha value is -0.890. The lowest BCUT2D eigenvalue weighted by atomic mass is 9.83. The highest BCUT2D eigenvalue weighted by Crippen LogP contribution is 2.31. The molecule has 17 heavy (non-hydrogen) atoms. The van der Waals surface area contributed by atoms with Crippen LogP contribution in [0.2, 0.25) is 0 Å². The second-order valence-electron chi connectivity index (χ2n) is 5.35. The molecular weight excluding hydrogens is 213 g/mol. The summed E-state index contributed by atoms with van der Waals surface area (Å²) in [6, 6.07) is 5.32. The third-order valence-electron chi connectivity index (χ3n) is 3.92. The second-order valence-corrected chi connectivity index (χ2v) is 5.35. The van der Waals surface area contributed by atoms with Crippen LogP contribution in [0.5, 0.6) is 0 Å². The van der Waals surface area contributed by atoms with Crippen molar-refractivity contribution in [2.45, 2.75) is 51.5 Å². The molecule has 1 fully saturated rings. The Kier molecular flexibility index (Phi) is 4.16. The molecule has 1 aromatic carbocycles. The fourth-order valence-corrected chi connectivity index (χ4v) is 2.82. The van der Waals surface area contributed by atoms with Gasteiger partial charge in [0.05, 0.1) is 0 Å². The molecule has 0 heterocycles. The van der Waals surface area contributed by atoms with Crippen molar-refractivity contribution < 1.29 is 4.39 Å². The van der Waals surface area contributed by atoms with Crippen molar-refractivity contribution in [1.29, 1.82) is 0 Å². The molecule has 94 valence electrons. The van der Waals surface area contributed by atoms with Gasteiger partial charge in [-0.3, -0.25) is 0 Å². The van der Waals surface area contributed by atoms with Gasteiger partial charge in [0.1, 0.15) is 5.82 Å². The van der Waals surface area contributed by atoms with E-state index in [2.05, 4.69) is 0 Å². The first-order chi connectivity index (χ1) is 8.16. The predicted molar refractivity (Wildman–Crippen MR) is 69.3 cm³/mol. The highest BCUT2D eigenvalue weighted by Gasteiger charge is 2.18. The largest absolute Gasteiger partial charge is 0.324 e. The first-order valence-corrected chi connectivity index (χ1v) is 6.68. The van der Waals surface area contributed by atoms with Gasteiger partial charge < -0.3 is 5.73 Å². The zero-order valence-corrected chi connectivity index (χ0v) is 10.6. The molecule has 1 aliphatic carbocycles. The number of rotatable bonds is 3. The maximum absolute atomic E-state index is 13.2. The van der Waals surface area contributed by atoms with Crippen molar-refractivity contribution in [1.82, 2.24) is 0 Å². The fourth-order valence-electron chi connectivity index (χ4n) is 2.82. The van der Waals surface area contributed by atoms with Crippen molar-refractivity contribution in [2.75, 3.05) is 0 Å². The first kappa shape index (κ1) is 12.6. The van der Waals surface area contributed by atoms with Crippen LogP contribution in [-0.4, -0.2) is 0 Å². The van der Waals surface area contributed by atoms with Crippen molar-refractivity contribution in [3.8, 4) is 0 Å². The van der Waals surface area contributed by atoms with Crippen LogP contribution in [0.3, 0.4) is 0 Å². The summed E-state index contributed by atoms with van der Waals surface area (Å²) >= 11 is 0. The molecule has 1 nitrogen and oxygen atoms in total. The summed E-state index contributed by atoms with van der Waals surface area (Å²) in [7, 11) is 0. The number of halogens is 1. The lowest BCUT2D eigenvalue weighted by molar-refractivity contribution is 0.319. The van der Waals surface area contributed by atoms with Gasteiger partial charge in [0.2, 0.25) is 0 Å². The summed E-state index contributed by atoms with van der Waals surface area (Å²) in [5.41, 5.74) is 8.00. The van der Waals surface area contributed by atoms with E-state index >= 15 is 0 Å². The van der Waals surface area contributed by atoms with Crippen molar-refractivity contribution in [3.63, 3.8) is 0 Å². The minimum Gasteiger partial charge on any atom is -0.324 e. The number of aryl methyl sites for hydroxylation is 1. The maximum atomic E-state index is 13.2. The van der Waals surface area contributed by atoms with Gasteiger partial charge in [-0.1, -0.05) is 44.2 Å². The lowest BCUT2D eigenvalue weighted by Gasteiger charge is -2.24. The van der Waals surface area contributed by atoms with Gasteiger partial charge in [-0.15, -0.1) is 0 Å². The van der Waals surface area contributed by atoms with Crippen molar-refractivity contribution in [2.24, 2.45) is 11.7 Å². The Bertz CT molecular complexity index is 369. The van der Waals surface area contributed by atoms with E-state index in [0.717, 1.165) is 17.9 Å². The average Bonchev–Trinajstić information content (AvgIpc) is 2.34. The summed E-state index contributed by atoms with van der Waals surface area (Å²) in [6.45, 7) is 1.80. The third kappa shape index (κ3) is 3.29. The number of nitrogens with two attached hydrogens (primary N) is 1. The van der Waals surface area contributed by atoms with E-state index < -0.39 is 0 Å². The number of hydrogen-bond donors (Lipinski definition) is 1. The summed E-state index contributed by atoms with van der Waals surface area (Å²) in [6.07, 6.45) is 7.74. The van der Waals surface area contributed by atoms with Crippen LogP contribution in [0.15, 0.2) is 18.2 Å². The minimum absolute atomic E-state index is 0.0670. The number of benzene rings is 1. The molecular formula is C15H22FN. The molecule has 1 aromatic rings. The molecule has 2 N–H and O–H groups in total. The highest BCUT2D eigenvalue weighted by molar-refractivity contribution is 5.26. The van der Waals surface area contributed by atoms with Gasteiger partial charge >= 0.3 is 0 Å². The molecule has 2 heteroatoms. The zero-order valence-electron chi connectivity index (χ0n) is 10.6. The van der Waals surface area contributed by atoms with E-state index in [1.165, 1.54) is 38.2 Å². The molecule has 2 rings (SSSR count). The Morgan fingerprint density at radius 3 is 2.65 bits per heavy atom. The van der Waals surface area contributed by atoms with E-state index in [1.54, 1.807) is 6.92 Å². The van der Waals surface area contributed by atoms with E-state index in [9.17, 15) is 4.39 Å². The lowest BCUT2D eigenvalue weighted by Crippen LogP contribution is -2.17. The normalized spacial score (nSPS) is 19.2. The van der Waals surface area contributed by atoms with Crippen LogP contribution in [0, 0.1) is 18.7 Å². The Labute approximate surface area is 103 Å². The van der Waals surface area contributed by atoms with Gasteiger partial charge in [-0.05, 0) is 36.5 Å². The van der Waals surface area contributed by atoms with Gasteiger partial charge in [0, 0.05) is 6.04 Å². The Morgan fingerprint density at radius 2 is 2.00 bits per heavy atom. The average molecular weight is 235 g/mol. The topological polar surface area (TPSA) is 26.0 Å². The predicted octanol–water partition coefficient (Wildman–Crippen LogP) is 4.10. The standard InChI is InChI=1S/C15H22FN/c1-11-9-13(7-8-14(11)16)15(17)10-12-5-3-2-4-6-12/h7-9,12,15H,2-6,10,17H2,1H3. The van der Waals surface area contributed by atoms with Crippen LogP contribution < -0.4 is 5.73 Å². The zero-order chi connectivity index (χ0) is 12.3. The van der Waals surface area contributed by atoms with E-state index in [-0.39, 0.29) is 11.9 Å².